The molecule has 2 N–H and O–H groups in total. The number of hydrogen-bond donors (Lipinski definition) is 2. The molecule has 0 aromatic heterocycles. The quantitative estimate of drug-likeness (QED) is 0.646. The van der Waals surface area contributed by atoms with Crippen LogP contribution < -0.4 is 15.4 Å². The van der Waals surface area contributed by atoms with E-state index in [1.54, 1.807) is 7.11 Å². The lowest BCUT2D eigenvalue weighted by atomic mass is 10.1. The summed E-state index contributed by atoms with van der Waals surface area (Å²) in [5.74, 6) is 0.798. The van der Waals surface area contributed by atoms with Crippen LogP contribution in [0.15, 0.2) is 51.4 Å². The van der Waals surface area contributed by atoms with E-state index >= 15 is 0 Å². The molecule has 134 valence electrons. The molecule has 0 spiro atoms. The molecule has 7 heteroatoms. The van der Waals surface area contributed by atoms with Gasteiger partial charge in [0.25, 0.3) is 0 Å². The molecule has 0 saturated carbocycles. The van der Waals surface area contributed by atoms with E-state index in [0.717, 1.165) is 20.3 Å². The minimum absolute atomic E-state index is 0.0341. The number of likely N-dealkylation sites (N-methyl/N-ethyl adjacent to an activating group) is 1. The highest BCUT2D eigenvalue weighted by molar-refractivity contribution is 9.11. The molecule has 0 bridgehead atoms. The maximum Gasteiger partial charge on any atom is 0.319 e. The zero-order valence-electron chi connectivity index (χ0n) is 14.3. The Bertz CT molecular complexity index is 738. The number of carbonyl (C=O) groups excluding carboxylic acids is 1. The Morgan fingerprint density at radius 2 is 1.96 bits per heavy atom. The van der Waals surface area contributed by atoms with Crippen LogP contribution in [-0.4, -0.2) is 38.7 Å². The fourth-order valence-corrected chi connectivity index (χ4v) is 3.10. The molecule has 0 heterocycles. The van der Waals surface area contributed by atoms with Crippen molar-refractivity contribution in [2.24, 2.45) is 0 Å². The van der Waals surface area contributed by atoms with Crippen LogP contribution in [0.25, 0.3) is 0 Å². The molecule has 25 heavy (non-hydrogen) atoms. The Morgan fingerprint density at radius 1 is 1.20 bits per heavy atom. The molecule has 5 nitrogen and oxygen atoms in total. The fourth-order valence-electron chi connectivity index (χ4n) is 2.40. The second-order valence-electron chi connectivity index (χ2n) is 5.72. The van der Waals surface area contributed by atoms with Gasteiger partial charge < -0.3 is 20.3 Å². The molecule has 2 aromatic carbocycles. The van der Waals surface area contributed by atoms with Crippen molar-refractivity contribution in [2.45, 2.75) is 6.04 Å². The Balaban J connectivity index is 2.03. The Labute approximate surface area is 165 Å². The number of urea groups is 1. The monoisotopic (exact) mass is 469 g/mol. The van der Waals surface area contributed by atoms with E-state index in [-0.39, 0.29) is 12.1 Å². The number of amides is 2. The minimum atomic E-state index is -0.256. The highest BCUT2D eigenvalue weighted by Crippen LogP contribution is 2.26. The summed E-state index contributed by atoms with van der Waals surface area (Å²) in [6.45, 7) is 0.470. The molecular formula is C18H21Br2N3O2. The summed E-state index contributed by atoms with van der Waals surface area (Å²) in [6.07, 6.45) is 0. The van der Waals surface area contributed by atoms with Gasteiger partial charge in [-0.15, -0.1) is 0 Å². The Morgan fingerprint density at radius 3 is 2.64 bits per heavy atom. The second-order valence-corrected chi connectivity index (χ2v) is 7.49. The average Bonchev–Trinajstić information content (AvgIpc) is 2.58. The maximum absolute atomic E-state index is 12.3. The SMILES string of the molecule is COc1cccc(C(CNC(=O)Nc2cc(Br)ccc2Br)N(C)C)c1. The summed E-state index contributed by atoms with van der Waals surface area (Å²) in [7, 11) is 5.61. The van der Waals surface area contributed by atoms with Gasteiger partial charge in [-0.2, -0.15) is 0 Å². The molecule has 1 atom stereocenters. The molecule has 0 fully saturated rings. The number of nitrogens with one attached hydrogen (secondary N) is 2. The smallest absolute Gasteiger partial charge is 0.319 e. The molecule has 0 aliphatic carbocycles. The van der Waals surface area contributed by atoms with E-state index in [1.165, 1.54) is 0 Å². The van der Waals surface area contributed by atoms with Crippen LogP contribution in [0.4, 0.5) is 10.5 Å². The molecule has 1 unspecified atom stereocenters. The van der Waals surface area contributed by atoms with Crippen molar-refractivity contribution < 1.29 is 9.53 Å². The van der Waals surface area contributed by atoms with Crippen LogP contribution in [0, 0.1) is 0 Å². The third-order valence-electron chi connectivity index (χ3n) is 3.73. The third kappa shape index (κ3) is 5.73. The van der Waals surface area contributed by atoms with Crippen LogP contribution in [0.5, 0.6) is 5.75 Å². The highest BCUT2D eigenvalue weighted by atomic mass is 79.9. The second kappa shape index (κ2) is 9.22. The van der Waals surface area contributed by atoms with Crippen molar-refractivity contribution in [3.8, 4) is 5.75 Å². The average molecular weight is 471 g/mol. The Kier molecular flexibility index (Phi) is 7.28. The van der Waals surface area contributed by atoms with E-state index in [1.807, 2.05) is 56.6 Å². The highest BCUT2D eigenvalue weighted by Gasteiger charge is 2.16. The molecule has 0 aliphatic rings. The first kappa shape index (κ1) is 19.8. The van der Waals surface area contributed by atoms with Crippen LogP contribution in [-0.2, 0) is 0 Å². The van der Waals surface area contributed by atoms with Crippen LogP contribution in [0.1, 0.15) is 11.6 Å². The number of rotatable bonds is 6. The summed E-state index contributed by atoms with van der Waals surface area (Å²) >= 11 is 6.83. The first-order valence-corrected chi connectivity index (χ1v) is 9.29. The molecular weight excluding hydrogens is 450 g/mol. The van der Waals surface area contributed by atoms with Gasteiger partial charge in [-0.3, -0.25) is 0 Å². The number of anilines is 1. The lowest BCUT2D eigenvalue weighted by Crippen LogP contribution is -2.37. The van der Waals surface area contributed by atoms with E-state index in [2.05, 4.69) is 47.4 Å². The van der Waals surface area contributed by atoms with E-state index < -0.39 is 0 Å². The summed E-state index contributed by atoms with van der Waals surface area (Å²) in [5, 5.41) is 5.78. The zero-order valence-corrected chi connectivity index (χ0v) is 17.5. The van der Waals surface area contributed by atoms with Gasteiger partial charge in [-0.05, 0) is 65.9 Å². The topological polar surface area (TPSA) is 53.6 Å². The number of methoxy groups -OCH3 is 1. The molecule has 0 saturated heterocycles. The number of hydrogen-bond acceptors (Lipinski definition) is 3. The van der Waals surface area contributed by atoms with E-state index in [4.69, 9.17) is 4.74 Å². The number of ether oxygens (including phenoxy) is 1. The van der Waals surface area contributed by atoms with E-state index in [9.17, 15) is 4.79 Å². The summed E-state index contributed by atoms with van der Waals surface area (Å²) in [5.41, 5.74) is 1.78. The maximum atomic E-state index is 12.3. The van der Waals surface area contributed by atoms with Crippen LogP contribution in [0.2, 0.25) is 0 Å². The molecule has 2 amide bonds. The summed E-state index contributed by atoms with van der Waals surface area (Å²) < 4.78 is 7.00. The van der Waals surface area contributed by atoms with Crippen molar-refractivity contribution in [2.75, 3.05) is 33.1 Å². The van der Waals surface area contributed by atoms with Gasteiger partial charge >= 0.3 is 6.03 Å². The van der Waals surface area contributed by atoms with Gasteiger partial charge in [0.2, 0.25) is 0 Å². The molecule has 0 aliphatic heterocycles. The Hall–Kier alpha value is -1.57. The predicted molar refractivity (Wildman–Crippen MR) is 108 cm³/mol. The standard InChI is InChI=1S/C18H21Br2N3O2/c1-23(2)17(12-5-4-6-14(9-12)25-3)11-21-18(24)22-16-10-13(19)7-8-15(16)20/h4-10,17H,11H2,1-3H3,(H2,21,22,24). The number of carbonyl (C=O) groups is 1. The zero-order chi connectivity index (χ0) is 18.4. The normalized spacial score (nSPS) is 11.9. The van der Waals surface area contributed by atoms with E-state index in [0.29, 0.717) is 12.2 Å². The van der Waals surface area contributed by atoms with Gasteiger partial charge in [0.05, 0.1) is 18.8 Å². The van der Waals surface area contributed by atoms with Gasteiger partial charge in [-0.1, -0.05) is 28.1 Å². The lowest BCUT2D eigenvalue weighted by Gasteiger charge is -2.25. The first-order chi connectivity index (χ1) is 11.9. The lowest BCUT2D eigenvalue weighted by molar-refractivity contribution is 0.243. The first-order valence-electron chi connectivity index (χ1n) is 7.71. The third-order valence-corrected chi connectivity index (χ3v) is 4.92. The molecule has 2 rings (SSSR count). The molecule has 0 radical (unpaired) electrons. The molecule has 2 aromatic rings. The number of benzene rings is 2. The number of halogens is 2. The van der Waals surface area contributed by atoms with Crippen molar-refractivity contribution >= 4 is 43.6 Å². The largest absolute Gasteiger partial charge is 0.497 e. The number of nitrogens with zero attached hydrogens (tertiary/aromatic N) is 1. The fraction of sp³-hybridized carbons (Fsp3) is 0.278. The van der Waals surface area contributed by atoms with Gasteiger partial charge in [-0.25, -0.2) is 4.79 Å². The van der Waals surface area contributed by atoms with Crippen molar-refractivity contribution in [3.05, 3.63) is 57.0 Å². The van der Waals surface area contributed by atoms with Crippen molar-refractivity contribution in [1.29, 1.82) is 0 Å². The van der Waals surface area contributed by atoms with Crippen molar-refractivity contribution in [1.82, 2.24) is 10.2 Å². The van der Waals surface area contributed by atoms with Gasteiger partial charge in [0, 0.05) is 15.5 Å². The minimum Gasteiger partial charge on any atom is -0.497 e. The summed E-state index contributed by atoms with van der Waals surface area (Å²) in [4.78, 5) is 14.3. The summed E-state index contributed by atoms with van der Waals surface area (Å²) in [6, 6.07) is 13.3. The predicted octanol–water partition coefficient (Wildman–Crippen LogP) is 4.64. The van der Waals surface area contributed by atoms with Gasteiger partial charge in [0.15, 0.2) is 0 Å². The van der Waals surface area contributed by atoms with Crippen LogP contribution >= 0.6 is 31.9 Å². The van der Waals surface area contributed by atoms with Crippen molar-refractivity contribution in [3.63, 3.8) is 0 Å². The van der Waals surface area contributed by atoms with Crippen LogP contribution in [0.3, 0.4) is 0 Å². The van der Waals surface area contributed by atoms with Gasteiger partial charge in [0.1, 0.15) is 5.75 Å².